The molecule has 4 nitrogen and oxygen atoms in total. The fourth-order valence-corrected chi connectivity index (χ4v) is 4.27. The molecule has 0 spiro atoms. The number of hydrogen-bond acceptors (Lipinski definition) is 4. The summed E-state index contributed by atoms with van der Waals surface area (Å²) in [5.74, 6) is 2.39. The van der Waals surface area contributed by atoms with Crippen LogP contribution in [-0.4, -0.2) is 37.9 Å². The molecule has 19 heavy (non-hydrogen) atoms. The third kappa shape index (κ3) is 3.31. The van der Waals surface area contributed by atoms with Crippen LogP contribution < -0.4 is 5.32 Å². The zero-order chi connectivity index (χ0) is 13.9. The van der Waals surface area contributed by atoms with Crippen LogP contribution in [-0.2, 0) is 6.42 Å². The molecular formula is C14H26N4S. The van der Waals surface area contributed by atoms with Crippen LogP contribution in [0.3, 0.4) is 0 Å². The number of nitrogens with zero attached hydrogens (tertiary/aromatic N) is 3. The van der Waals surface area contributed by atoms with Crippen LogP contribution in [0.4, 0.5) is 0 Å². The molecule has 1 N–H and O–H groups in total. The number of rotatable bonds is 6. The summed E-state index contributed by atoms with van der Waals surface area (Å²) in [6.45, 7) is 9.91. The van der Waals surface area contributed by atoms with Crippen molar-refractivity contribution in [3.8, 4) is 0 Å². The molecule has 2 unspecified atom stereocenters. The Balaban J connectivity index is 2.14. The van der Waals surface area contributed by atoms with Gasteiger partial charge in [-0.3, -0.25) is 0 Å². The predicted octanol–water partition coefficient (Wildman–Crippen LogP) is 2.67. The average molecular weight is 282 g/mol. The zero-order valence-corrected chi connectivity index (χ0v) is 13.3. The summed E-state index contributed by atoms with van der Waals surface area (Å²) >= 11 is 2.11. The lowest BCUT2D eigenvalue weighted by molar-refractivity contribution is 0.386. The van der Waals surface area contributed by atoms with E-state index >= 15 is 0 Å². The van der Waals surface area contributed by atoms with Gasteiger partial charge < -0.3 is 5.32 Å². The van der Waals surface area contributed by atoms with Crippen LogP contribution in [0.1, 0.15) is 52.4 Å². The van der Waals surface area contributed by atoms with Gasteiger partial charge in [-0.05, 0) is 45.9 Å². The summed E-state index contributed by atoms with van der Waals surface area (Å²) in [7, 11) is 0. The van der Waals surface area contributed by atoms with Gasteiger partial charge in [0.15, 0.2) is 0 Å². The normalized spacial score (nSPS) is 25.1. The van der Waals surface area contributed by atoms with Crippen molar-refractivity contribution >= 4 is 11.8 Å². The van der Waals surface area contributed by atoms with E-state index in [2.05, 4.69) is 54.9 Å². The molecule has 1 aromatic heterocycles. The maximum atomic E-state index is 4.46. The molecule has 0 bridgehead atoms. The fraction of sp³-hybridized carbons (Fsp3) is 0.857. The highest BCUT2D eigenvalue weighted by Gasteiger charge is 2.38. The maximum absolute atomic E-state index is 4.46. The van der Waals surface area contributed by atoms with Gasteiger partial charge in [-0.2, -0.15) is 16.9 Å². The third-order valence-electron chi connectivity index (χ3n) is 3.96. The minimum absolute atomic E-state index is 0.337. The van der Waals surface area contributed by atoms with Crippen molar-refractivity contribution in [2.75, 3.05) is 12.3 Å². The van der Waals surface area contributed by atoms with Crippen molar-refractivity contribution in [3.05, 3.63) is 12.2 Å². The Kier molecular flexibility index (Phi) is 4.90. The lowest BCUT2D eigenvalue weighted by Gasteiger charge is -2.34. The molecule has 1 aliphatic rings. The standard InChI is InChI=1S/C14H26N4S/c1-5-15-12(14(4)7-6-8-19-14)9-13-16-10-17-18(13)11(2)3/h10-12,15H,5-9H2,1-4H3. The van der Waals surface area contributed by atoms with Crippen molar-refractivity contribution in [3.63, 3.8) is 0 Å². The molecule has 0 radical (unpaired) electrons. The monoisotopic (exact) mass is 282 g/mol. The second-order valence-electron chi connectivity index (χ2n) is 5.79. The Labute approximate surface area is 120 Å². The molecule has 2 atom stereocenters. The molecule has 0 aliphatic carbocycles. The molecule has 1 aliphatic heterocycles. The lowest BCUT2D eigenvalue weighted by atomic mass is 9.93. The summed E-state index contributed by atoms with van der Waals surface area (Å²) in [5, 5.41) is 8.02. The van der Waals surface area contributed by atoms with E-state index in [1.807, 2.05) is 4.68 Å². The van der Waals surface area contributed by atoms with Gasteiger partial charge in [0.05, 0.1) is 0 Å². The number of nitrogens with one attached hydrogen (secondary N) is 1. The van der Waals surface area contributed by atoms with Crippen molar-refractivity contribution < 1.29 is 0 Å². The minimum Gasteiger partial charge on any atom is -0.312 e. The first-order valence-corrected chi connectivity index (χ1v) is 8.31. The lowest BCUT2D eigenvalue weighted by Crippen LogP contribution is -2.47. The molecule has 1 aromatic rings. The van der Waals surface area contributed by atoms with Gasteiger partial charge in [-0.1, -0.05) is 6.92 Å². The van der Waals surface area contributed by atoms with Crippen LogP contribution in [0, 0.1) is 0 Å². The summed E-state index contributed by atoms with van der Waals surface area (Å²) in [4.78, 5) is 4.46. The second-order valence-corrected chi connectivity index (χ2v) is 7.42. The highest BCUT2D eigenvalue weighted by molar-refractivity contribution is 8.00. The first-order chi connectivity index (χ1) is 9.07. The van der Waals surface area contributed by atoms with E-state index in [9.17, 15) is 0 Å². The molecule has 5 heteroatoms. The van der Waals surface area contributed by atoms with E-state index < -0.39 is 0 Å². The summed E-state index contributed by atoms with van der Waals surface area (Å²) in [5.41, 5.74) is 0. The molecule has 1 saturated heterocycles. The number of thioether (sulfide) groups is 1. The first kappa shape index (κ1) is 14.9. The van der Waals surface area contributed by atoms with Gasteiger partial charge in [0.2, 0.25) is 0 Å². The molecule has 0 aromatic carbocycles. The Morgan fingerprint density at radius 1 is 1.53 bits per heavy atom. The van der Waals surface area contributed by atoms with Crippen LogP contribution in [0.5, 0.6) is 0 Å². The molecule has 0 saturated carbocycles. The van der Waals surface area contributed by atoms with Crippen LogP contribution in [0.15, 0.2) is 6.33 Å². The van der Waals surface area contributed by atoms with Gasteiger partial charge in [-0.25, -0.2) is 9.67 Å². The van der Waals surface area contributed by atoms with Crippen molar-refractivity contribution in [2.24, 2.45) is 0 Å². The largest absolute Gasteiger partial charge is 0.312 e. The van der Waals surface area contributed by atoms with Gasteiger partial charge in [0.25, 0.3) is 0 Å². The Morgan fingerprint density at radius 3 is 2.89 bits per heavy atom. The Morgan fingerprint density at radius 2 is 2.32 bits per heavy atom. The molecule has 1 fully saturated rings. The van der Waals surface area contributed by atoms with E-state index in [1.165, 1.54) is 18.6 Å². The number of aromatic nitrogens is 3. The Bertz CT molecular complexity index is 396. The maximum Gasteiger partial charge on any atom is 0.138 e. The average Bonchev–Trinajstić information content (AvgIpc) is 2.98. The smallest absolute Gasteiger partial charge is 0.138 e. The number of hydrogen-bond donors (Lipinski definition) is 1. The predicted molar refractivity (Wildman–Crippen MR) is 81.7 cm³/mol. The van der Waals surface area contributed by atoms with Gasteiger partial charge in [0, 0.05) is 23.3 Å². The van der Waals surface area contributed by atoms with E-state index in [-0.39, 0.29) is 0 Å². The van der Waals surface area contributed by atoms with E-state index in [4.69, 9.17) is 0 Å². The summed E-state index contributed by atoms with van der Waals surface area (Å²) < 4.78 is 2.39. The summed E-state index contributed by atoms with van der Waals surface area (Å²) in [6.07, 6.45) is 5.28. The quantitative estimate of drug-likeness (QED) is 0.871. The highest BCUT2D eigenvalue weighted by atomic mass is 32.2. The van der Waals surface area contributed by atoms with Crippen molar-refractivity contribution in [2.45, 2.75) is 63.8 Å². The number of likely N-dealkylation sites (N-methyl/N-ethyl adjacent to an activating group) is 1. The molecular weight excluding hydrogens is 256 g/mol. The molecule has 2 rings (SSSR count). The highest BCUT2D eigenvalue weighted by Crippen LogP contribution is 2.41. The fourth-order valence-electron chi connectivity index (χ4n) is 2.86. The third-order valence-corrected chi connectivity index (χ3v) is 5.60. The topological polar surface area (TPSA) is 42.7 Å². The van der Waals surface area contributed by atoms with Crippen molar-refractivity contribution in [1.82, 2.24) is 20.1 Å². The molecule has 108 valence electrons. The van der Waals surface area contributed by atoms with Gasteiger partial charge in [-0.15, -0.1) is 0 Å². The molecule has 2 heterocycles. The zero-order valence-electron chi connectivity index (χ0n) is 12.5. The Hall–Kier alpha value is -0.550. The van der Waals surface area contributed by atoms with Gasteiger partial charge in [0.1, 0.15) is 12.2 Å². The van der Waals surface area contributed by atoms with E-state index in [0.29, 0.717) is 16.8 Å². The molecule has 0 amide bonds. The van der Waals surface area contributed by atoms with E-state index in [1.54, 1.807) is 6.33 Å². The summed E-state index contributed by atoms with van der Waals surface area (Å²) in [6, 6.07) is 0.857. The SMILES string of the molecule is CCNC(Cc1ncnn1C(C)C)C1(C)CCCS1. The van der Waals surface area contributed by atoms with Crippen molar-refractivity contribution in [1.29, 1.82) is 0 Å². The minimum atomic E-state index is 0.337. The first-order valence-electron chi connectivity index (χ1n) is 7.32. The van der Waals surface area contributed by atoms with E-state index in [0.717, 1.165) is 18.8 Å². The van der Waals surface area contributed by atoms with Crippen LogP contribution in [0.25, 0.3) is 0 Å². The van der Waals surface area contributed by atoms with Crippen LogP contribution in [0.2, 0.25) is 0 Å². The van der Waals surface area contributed by atoms with Gasteiger partial charge >= 0.3 is 0 Å². The second kappa shape index (κ2) is 6.27. The van der Waals surface area contributed by atoms with Crippen LogP contribution >= 0.6 is 11.8 Å².